The van der Waals surface area contributed by atoms with E-state index in [0.717, 1.165) is 14.8 Å². The summed E-state index contributed by atoms with van der Waals surface area (Å²) in [5.41, 5.74) is 2.78. The molecule has 0 spiro atoms. The number of halogens is 1. The van der Waals surface area contributed by atoms with Gasteiger partial charge in [0.25, 0.3) is 5.56 Å². The molecule has 0 saturated heterocycles. The number of nitrogens with zero attached hydrogens (tertiary/aromatic N) is 2. The number of carbonyl (C=O) groups excluding carboxylic acids is 1. The SMILES string of the molecule is Cc1cc(I)ccc1NC(=O)Cn1c(=O)cnc2ccccc21. The molecular weight excluding hydrogens is 405 g/mol. The first kappa shape index (κ1) is 15.7. The molecule has 0 aliphatic rings. The van der Waals surface area contributed by atoms with Crippen molar-refractivity contribution in [2.24, 2.45) is 0 Å². The van der Waals surface area contributed by atoms with Crippen molar-refractivity contribution in [2.75, 3.05) is 5.32 Å². The van der Waals surface area contributed by atoms with E-state index >= 15 is 0 Å². The summed E-state index contributed by atoms with van der Waals surface area (Å²) in [5.74, 6) is -0.243. The normalized spacial score (nSPS) is 10.7. The molecule has 3 rings (SSSR count). The summed E-state index contributed by atoms with van der Waals surface area (Å²) in [4.78, 5) is 28.5. The minimum Gasteiger partial charge on any atom is -0.324 e. The predicted octanol–water partition coefficient (Wildman–Crippen LogP) is 2.95. The third-order valence-corrected chi connectivity index (χ3v) is 4.19. The summed E-state index contributed by atoms with van der Waals surface area (Å²) in [7, 11) is 0. The Morgan fingerprint density at radius 3 is 2.83 bits per heavy atom. The van der Waals surface area contributed by atoms with Crippen molar-refractivity contribution >= 4 is 45.2 Å². The second kappa shape index (κ2) is 6.49. The smallest absolute Gasteiger partial charge is 0.269 e. The van der Waals surface area contributed by atoms with Crippen LogP contribution in [-0.2, 0) is 11.3 Å². The highest BCUT2D eigenvalue weighted by Crippen LogP contribution is 2.18. The van der Waals surface area contributed by atoms with Crippen LogP contribution in [0.4, 0.5) is 5.69 Å². The van der Waals surface area contributed by atoms with Gasteiger partial charge in [0.15, 0.2) is 0 Å². The molecule has 0 aliphatic carbocycles. The van der Waals surface area contributed by atoms with E-state index in [4.69, 9.17) is 0 Å². The van der Waals surface area contributed by atoms with Gasteiger partial charge in [-0.15, -0.1) is 0 Å². The number of hydrogen-bond acceptors (Lipinski definition) is 3. The molecule has 1 aromatic heterocycles. The Kier molecular flexibility index (Phi) is 4.42. The zero-order valence-electron chi connectivity index (χ0n) is 12.4. The topological polar surface area (TPSA) is 64.0 Å². The zero-order chi connectivity index (χ0) is 16.4. The standard InChI is InChI=1S/C17H14IN3O2/c1-11-8-12(18)6-7-13(11)20-16(22)10-21-15-5-3-2-4-14(15)19-9-17(21)23/h2-9H,10H2,1H3,(H,20,22). The van der Waals surface area contributed by atoms with Crippen molar-refractivity contribution in [2.45, 2.75) is 13.5 Å². The summed E-state index contributed by atoms with van der Waals surface area (Å²) in [6.07, 6.45) is 1.24. The average Bonchev–Trinajstić information content (AvgIpc) is 2.53. The monoisotopic (exact) mass is 419 g/mol. The first-order valence-electron chi connectivity index (χ1n) is 7.05. The molecule has 6 heteroatoms. The fourth-order valence-corrected chi connectivity index (χ4v) is 3.03. The molecule has 0 atom stereocenters. The highest BCUT2D eigenvalue weighted by atomic mass is 127. The van der Waals surface area contributed by atoms with E-state index in [1.807, 2.05) is 43.3 Å². The fourth-order valence-electron chi connectivity index (χ4n) is 2.38. The van der Waals surface area contributed by atoms with Gasteiger partial charge in [-0.3, -0.25) is 14.2 Å². The Morgan fingerprint density at radius 2 is 2.04 bits per heavy atom. The van der Waals surface area contributed by atoms with Crippen molar-refractivity contribution in [1.82, 2.24) is 9.55 Å². The molecule has 116 valence electrons. The summed E-state index contributed by atoms with van der Waals surface area (Å²) >= 11 is 2.22. The lowest BCUT2D eigenvalue weighted by atomic mass is 10.2. The van der Waals surface area contributed by atoms with E-state index in [0.29, 0.717) is 11.0 Å². The van der Waals surface area contributed by atoms with Gasteiger partial charge in [0.05, 0.1) is 17.2 Å². The van der Waals surface area contributed by atoms with E-state index in [-0.39, 0.29) is 18.0 Å². The van der Waals surface area contributed by atoms with Crippen molar-refractivity contribution in [3.8, 4) is 0 Å². The quantitative estimate of drug-likeness (QED) is 0.665. The number of benzene rings is 2. The van der Waals surface area contributed by atoms with Crippen LogP contribution < -0.4 is 10.9 Å². The minimum atomic E-state index is -0.293. The number of fused-ring (bicyclic) bond motifs is 1. The van der Waals surface area contributed by atoms with Crippen molar-refractivity contribution < 1.29 is 4.79 Å². The number of nitrogens with one attached hydrogen (secondary N) is 1. The first-order valence-corrected chi connectivity index (χ1v) is 8.13. The third-order valence-electron chi connectivity index (χ3n) is 3.52. The van der Waals surface area contributed by atoms with E-state index < -0.39 is 0 Å². The van der Waals surface area contributed by atoms with Crippen LogP contribution in [0.15, 0.2) is 53.5 Å². The molecule has 0 radical (unpaired) electrons. The largest absolute Gasteiger partial charge is 0.324 e. The Bertz CT molecular complexity index is 950. The van der Waals surface area contributed by atoms with Crippen molar-refractivity contribution in [3.63, 3.8) is 0 Å². The zero-order valence-corrected chi connectivity index (χ0v) is 14.6. The van der Waals surface area contributed by atoms with Crippen LogP contribution in [0.3, 0.4) is 0 Å². The van der Waals surface area contributed by atoms with Crippen LogP contribution in [0.2, 0.25) is 0 Å². The van der Waals surface area contributed by atoms with Gasteiger partial charge in [0, 0.05) is 9.26 Å². The molecule has 1 amide bonds. The summed E-state index contributed by atoms with van der Waals surface area (Å²) in [6, 6.07) is 13.0. The number of aromatic nitrogens is 2. The molecule has 3 aromatic rings. The number of carbonyl (C=O) groups is 1. The van der Waals surface area contributed by atoms with Gasteiger partial charge in [-0.05, 0) is 65.4 Å². The lowest BCUT2D eigenvalue weighted by Gasteiger charge is -2.11. The molecule has 0 bridgehead atoms. The van der Waals surface area contributed by atoms with Gasteiger partial charge >= 0.3 is 0 Å². The Hall–Kier alpha value is -2.22. The molecule has 2 aromatic carbocycles. The summed E-state index contributed by atoms with van der Waals surface area (Å²) in [6.45, 7) is 1.89. The van der Waals surface area contributed by atoms with Gasteiger partial charge in [-0.1, -0.05) is 12.1 Å². The minimum absolute atomic E-state index is 0.0483. The van der Waals surface area contributed by atoms with Crippen LogP contribution >= 0.6 is 22.6 Å². The average molecular weight is 419 g/mol. The molecule has 1 N–H and O–H groups in total. The highest BCUT2D eigenvalue weighted by molar-refractivity contribution is 14.1. The Morgan fingerprint density at radius 1 is 1.26 bits per heavy atom. The van der Waals surface area contributed by atoms with E-state index in [1.54, 1.807) is 6.07 Å². The maximum Gasteiger partial charge on any atom is 0.269 e. The predicted molar refractivity (Wildman–Crippen MR) is 98.5 cm³/mol. The highest BCUT2D eigenvalue weighted by Gasteiger charge is 2.10. The van der Waals surface area contributed by atoms with E-state index in [1.165, 1.54) is 10.8 Å². The number of rotatable bonds is 3. The molecule has 0 unspecified atom stereocenters. The van der Waals surface area contributed by atoms with Gasteiger partial charge in [-0.25, -0.2) is 4.98 Å². The van der Waals surface area contributed by atoms with Crippen LogP contribution in [-0.4, -0.2) is 15.5 Å². The molecular formula is C17H14IN3O2. The third kappa shape index (κ3) is 3.42. The van der Waals surface area contributed by atoms with Crippen LogP contribution in [0, 0.1) is 10.5 Å². The lowest BCUT2D eigenvalue weighted by molar-refractivity contribution is -0.116. The maximum atomic E-state index is 12.3. The second-order valence-corrected chi connectivity index (χ2v) is 6.42. The van der Waals surface area contributed by atoms with Crippen LogP contribution in [0.5, 0.6) is 0 Å². The molecule has 1 heterocycles. The number of hydrogen-bond donors (Lipinski definition) is 1. The van der Waals surface area contributed by atoms with Crippen molar-refractivity contribution in [3.05, 3.63) is 68.1 Å². The Balaban J connectivity index is 1.89. The molecule has 0 aliphatic heterocycles. The van der Waals surface area contributed by atoms with E-state index in [2.05, 4.69) is 32.9 Å². The molecule has 0 saturated carbocycles. The number of aryl methyl sites for hydroxylation is 1. The van der Waals surface area contributed by atoms with Gasteiger partial charge < -0.3 is 5.32 Å². The number of amides is 1. The fraction of sp³-hybridized carbons (Fsp3) is 0.118. The van der Waals surface area contributed by atoms with Gasteiger partial charge in [-0.2, -0.15) is 0 Å². The lowest BCUT2D eigenvalue weighted by Crippen LogP contribution is -2.28. The maximum absolute atomic E-state index is 12.3. The summed E-state index contributed by atoms with van der Waals surface area (Å²) < 4.78 is 2.54. The van der Waals surface area contributed by atoms with Gasteiger partial charge in [0.1, 0.15) is 6.54 Å². The van der Waals surface area contributed by atoms with Crippen LogP contribution in [0.25, 0.3) is 11.0 Å². The first-order chi connectivity index (χ1) is 11.0. The van der Waals surface area contributed by atoms with Crippen LogP contribution in [0.1, 0.15) is 5.56 Å². The van der Waals surface area contributed by atoms with Gasteiger partial charge in [0.2, 0.25) is 5.91 Å². The summed E-state index contributed by atoms with van der Waals surface area (Å²) in [5, 5.41) is 2.86. The molecule has 5 nitrogen and oxygen atoms in total. The number of para-hydroxylation sites is 2. The number of anilines is 1. The van der Waals surface area contributed by atoms with Crippen molar-refractivity contribution in [1.29, 1.82) is 0 Å². The Labute approximate surface area is 146 Å². The molecule has 23 heavy (non-hydrogen) atoms. The van der Waals surface area contributed by atoms with E-state index in [9.17, 15) is 9.59 Å². The molecule has 0 fully saturated rings. The second-order valence-electron chi connectivity index (χ2n) is 5.18.